The van der Waals surface area contributed by atoms with Gasteiger partial charge in [-0.05, 0) is 24.6 Å². The standard InChI is InChI=1S/C13H12FN5/c1-2-10-12(16)17-7-18-13(10)19-9-3-4-11(14)8(5-9)6-15/h3-5,7H,2H2,1H3,(H3,16,17,18,19). The molecule has 0 saturated carbocycles. The quantitative estimate of drug-likeness (QED) is 0.881. The van der Waals surface area contributed by atoms with Crippen molar-refractivity contribution in [3.8, 4) is 6.07 Å². The Labute approximate surface area is 109 Å². The largest absolute Gasteiger partial charge is 0.383 e. The Hall–Kier alpha value is -2.68. The summed E-state index contributed by atoms with van der Waals surface area (Å²) in [6.07, 6.45) is 2.02. The first-order chi connectivity index (χ1) is 9.15. The minimum Gasteiger partial charge on any atom is -0.383 e. The molecular weight excluding hydrogens is 245 g/mol. The number of nitrogens with zero attached hydrogens (tertiary/aromatic N) is 3. The number of rotatable bonds is 3. The van der Waals surface area contributed by atoms with Crippen LogP contribution in [0.15, 0.2) is 24.5 Å². The molecule has 0 amide bonds. The molecule has 0 radical (unpaired) electrons. The van der Waals surface area contributed by atoms with Gasteiger partial charge in [-0.2, -0.15) is 5.26 Å². The molecule has 2 rings (SSSR count). The van der Waals surface area contributed by atoms with Crippen molar-refractivity contribution in [3.63, 3.8) is 0 Å². The van der Waals surface area contributed by atoms with Gasteiger partial charge < -0.3 is 11.1 Å². The third-order valence-electron chi connectivity index (χ3n) is 2.68. The highest BCUT2D eigenvalue weighted by Gasteiger charge is 2.09. The zero-order chi connectivity index (χ0) is 13.8. The highest BCUT2D eigenvalue weighted by atomic mass is 19.1. The number of nitrogens with two attached hydrogens (primary N) is 1. The summed E-state index contributed by atoms with van der Waals surface area (Å²) in [7, 11) is 0. The molecule has 96 valence electrons. The molecule has 0 atom stereocenters. The molecule has 19 heavy (non-hydrogen) atoms. The molecule has 6 heteroatoms. The molecule has 0 unspecified atom stereocenters. The summed E-state index contributed by atoms with van der Waals surface area (Å²) in [5.41, 5.74) is 7.10. The van der Waals surface area contributed by atoms with Crippen LogP contribution in [0.2, 0.25) is 0 Å². The molecule has 3 N–H and O–H groups in total. The monoisotopic (exact) mass is 257 g/mol. The summed E-state index contributed by atoms with van der Waals surface area (Å²) in [5, 5.41) is 11.8. The van der Waals surface area contributed by atoms with Crippen molar-refractivity contribution >= 4 is 17.3 Å². The summed E-state index contributed by atoms with van der Waals surface area (Å²) < 4.78 is 13.2. The second kappa shape index (κ2) is 5.31. The average molecular weight is 257 g/mol. The Morgan fingerprint density at radius 1 is 1.42 bits per heavy atom. The van der Waals surface area contributed by atoms with Crippen molar-refractivity contribution in [2.45, 2.75) is 13.3 Å². The number of aromatic nitrogens is 2. The molecule has 0 spiro atoms. The average Bonchev–Trinajstić information content (AvgIpc) is 2.41. The SMILES string of the molecule is CCc1c(N)ncnc1Nc1ccc(F)c(C#N)c1. The predicted molar refractivity (Wildman–Crippen MR) is 70.2 cm³/mol. The van der Waals surface area contributed by atoms with E-state index in [0.717, 1.165) is 5.56 Å². The summed E-state index contributed by atoms with van der Waals surface area (Å²) in [5.74, 6) is 0.416. The van der Waals surface area contributed by atoms with Gasteiger partial charge in [0.2, 0.25) is 0 Å². The van der Waals surface area contributed by atoms with Crippen molar-refractivity contribution < 1.29 is 4.39 Å². The number of nitrogens with one attached hydrogen (secondary N) is 1. The van der Waals surface area contributed by atoms with E-state index in [1.807, 2.05) is 6.92 Å². The number of anilines is 3. The van der Waals surface area contributed by atoms with Crippen LogP contribution < -0.4 is 11.1 Å². The number of hydrogen-bond donors (Lipinski definition) is 2. The van der Waals surface area contributed by atoms with E-state index >= 15 is 0 Å². The Morgan fingerprint density at radius 2 is 2.21 bits per heavy atom. The molecule has 1 aromatic heterocycles. The second-order valence-electron chi connectivity index (χ2n) is 3.87. The van der Waals surface area contributed by atoms with Gasteiger partial charge >= 0.3 is 0 Å². The lowest BCUT2D eigenvalue weighted by molar-refractivity contribution is 0.624. The van der Waals surface area contributed by atoms with E-state index in [-0.39, 0.29) is 5.56 Å². The van der Waals surface area contributed by atoms with Crippen LogP contribution in [0.25, 0.3) is 0 Å². The molecule has 0 aliphatic heterocycles. The molecule has 0 bridgehead atoms. The van der Waals surface area contributed by atoms with Gasteiger partial charge in [-0.25, -0.2) is 14.4 Å². The maximum atomic E-state index is 13.2. The van der Waals surface area contributed by atoms with Crippen LogP contribution in [-0.4, -0.2) is 9.97 Å². The molecule has 5 nitrogen and oxygen atoms in total. The number of halogens is 1. The van der Waals surface area contributed by atoms with Gasteiger partial charge in [0.05, 0.1) is 5.56 Å². The molecule has 2 aromatic rings. The maximum absolute atomic E-state index is 13.2. The van der Waals surface area contributed by atoms with Crippen LogP contribution in [0.1, 0.15) is 18.1 Å². The van der Waals surface area contributed by atoms with Gasteiger partial charge in [0.1, 0.15) is 29.8 Å². The molecule has 0 aliphatic rings. The highest BCUT2D eigenvalue weighted by Crippen LogP contribution is 2.23. The van der Waals surface area contributed by atoms with E-state index in [2.05, 4.69) is 15.3 Å². The lowest BCUT2D eigenvalue weighted by Crippen LogP contribution is -2.04. The van der Waals surface area contributed by atoms with Crippen LogP contribution in [-0.2, 0) is 6.42 Å². The van der Waals surface area contributed by atoms with Gasteiger partial charge in [0.15, 0.2) is 0 Å². The second-order valence-corrected chi connectivity index (χ2v) is 3.87. The fourth-order valence-electron chi connectivity index (χ4n) is 1.71. The maximum Gasteiger partial charge on any atom is 0.141 e. The van der Waals surface area contributed by atoms with Crippen molar-refractivity contribution in [1.29, 1.82) is 5.26 Å². The van der Waals surface area contributed by atoms with Crippen molar-refractivity contribution in [2.75, 3.05) is 11.1 Å². The van der Waals surface area contributed by atoms with E-state index in [9.17, 15) is 4.39 Å². The molecule has 0 fully saturated rings. The first-order valence-electron chi connectivity index (χ1n) is 5.71. The van der Waals surface area contributed by atoms with Crippen LogP contribution in [0.5, 0.6) is 0 Å². The molecule has 1 aromatic carbocycles. The van der Waals surface area contributed by atoms with E-state index < -0.39 is 5.82 Å². The fourth-order valence-corrected chi connectivity index (χ4v) is 1.71. The molecule has 0 saturated heterocycles. The number of benzene rings is 1. The predicted octanol–water partition coefficient (Wildman–Crippen LogP) is 2.38. The smallest absolute Gasteiger partial charge is 0.141 e. The number of hydrogen-bond acceptors (Lipinski definition) is 5. The van der Waals surface area contributed by atoms with Gasteiger partial charge in [0.25, 0.3) is 0 Å². The zero-order valence-electron chi connectivity index (χ0n) is 10.3. The lowest BCUT2D eigenvalue weighted by Gasteiger charge is -2.11. The van der Waals surface area contributed by atoms with Gasteiger partial charge in [-0.1, -0.05) is 6.92 Å². The summed E-state index contributed by atoms with van der Waals surface area (Å²) in [4.78, 5) is 8.02. The molecule has 0 aliphatic carbocycles. The van der Waals surface area contributed by atoms with E-state index in [4.69, 9.17) is 11.0 Å². The minimum absolute atomic E-state index is 0.0231. The third kappa shape index (κ3) is 2.60. The summed E-state index contributed by atoms with van der Waals surface area (Å²) in [6.45, 7) is 1.94. The van der Waals surface area contributed by atoms with E-state index in [1.165, 1.54) is 24.5 Å². The third-order valence-corrected chi connectivity index (χ3v) is 2.68. The van der Waals surface area contributed by atoms with Crippen LogP contribution in [0, 0.1) is 17.1 Å². The van der Waals surface area contributed by atoms with Gasteiger partial charge in [-0.3, -0.25) is 0 Å². The Balaban J connectivity index is 2.37. The zero-order valence-corrected chi connectivity index (χ0v) is 10.3. The van der Waals surface area contributed by atoms with Gasteiger partial charge in [0, 0.05) is 11.3 Å². The van der Waals surface area contributed by atoms with Crippen LogP contribution in [0.4, 0.5) is 21.7 Å². The fraction of sp³-hybridized carbons (Fsp3) is 0.154. The Bertz CT molecular complexity index is 648. The number of nitriles is 1. The van der Waals surface area contributed by atoms with Gasteiger partial charge in [-0.15, -0.1) is 0 Å². The molecule has 1 heterocycles. The lowest BCUT2D eigenvalue weighted by atomic mass is 10.2. The van der Waals surface area contributed by atoms with Crippen molar-refractivity contribution in [1.82, 2.24) is 9.97 Å². The summed E-state index contributed by atoms with van der Waals surface area (Å²) in [6, 6.07) is 5.98. The van der Waals surface area contributed by atoms with E-state index in [0.29, 0.717) is 23.7 Å². The first-order valence-corrected chi connectivity index (χ1v) is 5.71. The van der Waals surface area contributed by atoms with Crippen LogP contribution in [0.3, 0.4) is 0 Å². The van der Waals surface area contributed by atoms with E-state index in [1.54, 1.807) is 6.07 Å². The van der Waals surface area contributed by atoms with Crippen molar-refractivity contribution in [2.24, 2.45) is 0 Å². The van der Waals surface area contributed by atoms with Crippen LogP contribution >= 0.6 is 0 Å². The highest BCUT2D eigenvalue weighted by molar-refractivity contribution is 5.64. The first kappa shape index (κ1) is 12.8. The Morgan fingerprint density at radius 3 is 2.89 bits per heavy atom. The van der Waals surface area contributed by atoms with Crippen molar-refractivity contribution in [3.05, 3.63) is 41.5 Å². The summed E-state index contributed by atoms with van der Waals surface area (Å²) >= 11 is 0. The topological polar surface area (TPSA) is 87.6 Å². The Kier molecular flexibility index (Phi) is 3.57. The minimum atomic E-state index is -0.550. The normalized spacial score (nSPS) is 9.95. The molecular formula is C13H12FN5. The number of nitrogen functional groups attached to an aromatic ring is 1.